The van der Waals surface area contributed by atoms with E-state index in [1.54, 1.807) is 30.5 Å². The third-order valence-electron chi connectivity index (χ3n) is 1.84. The van der Waals surface area contributed by atoms with Gasteiger partial charge in [0.15, 0.2) is 0 Å². The van der Waals surface area contributed by atoms with Crippen LogP contribution in [0.25, 0.3) is 5.52 Å². The van der Waals surface area contributed by atoms with E-state index in [4.69, 9.17) is 17.3 Å². The van der Waals surface area contributed by atoms with Crippen molar-refractivity contribution >= 4 is 22.8 Å². The number of rotatable bonds is 0. The summed E-state index contributed by atoms with van der Waals surface area (Å²) in [6, 6.07) is 6.86. The molecule has 66 valence electrons. The lowest BCUT2D eigenvalue weighted by molar-refractivity contribution is 1.10. The monoisotopic (exact) mass is 194 g/mol. The minimum atomic E-state index is -0.236. The van der Waals surface area contributed by atoms with Crippen molar-refractivity contribution in [2.45, 2.75) is 0 Å². The molecule has 2 rings (SSSR count). The highest BCUT2D eigenvalue weighted by Gasteiger charge is 1.99. The van der Waals surface area contributed by atoms with Gasteiger partial charge in [-0.1, -0.05) is 11.6 Å². The first-order chi connectivity index (χ1) is 6.18. The molecule has 0 bridgehead atoms. The minimum absolute atomic E-state index is 0.222. The second kappa shape index (κ2) is 2.78. The molecule has 0 amide bonds. The van der Waals surface area contributed by atoms with E-state index in [2.05, 4.69) is 0 Å². The quantitative estimate of drug-likeness (QED) is 0.692. The number of anilines is 1. The van der Waals surface area contributed by atoms with Crippen LogP contribution in [-0.2, 0) is 0 Å². The predicted octanol–water partition coefficient (Wildman–Crippen LogP) is 1.54. The number of aromatic nitrogens is 1. The van der Waals surface area contributed by atoms with Gasteiger partial charge in [-0.15, -0.1) is 0 Å². The van der Waals surface area contributed by atoms with Gasteiger partial charge >= 0.3 is 0 Å². The highest BCUT2D eigenvalue weighted by molar-refractivity contribution is 6.30. The average Bonchev–Trinajstić information content (AvgIpc) is 2.12. The molecule has 2 N–H and O–H groups in total. The van der Waals surface area contributed by atoms with Crippen molar-refractivity contribution in [1.82, 2.24) is 4.40 Å². The predicted molar refractivity (Wildman–Crippen MR) is 53.1 cm³/mol. The maximum atomic E-state index is 11.5. The average molecular weight is 195 g/mol. The van der Waals surface area contributed by atoms with E-state index in [1.807, 2.05) is 0 Å². The van der Waals surface area contributed by atoms with E-state index in [0.29, 0.717) is 5.02 Å². The van der Waals surface area contributed by atoms with Gasteiger partial charge in [-0.25, -0.2) is 0 Å². The minimum Gasteiger partial charge on any atom is -0.394 e. The van der Waals surface area contributed by atoms with E-state index in [1.165, 1.54) is 4.40 Å². The van der Waals surface area contributed by atoms with Gasteiger partial charge in [-0.05, 0) is 24.3 Å². The van der Waals surface area contributed by atoms with Crippen LogP contribution < -0.4 is 11.3 Å². The summed E-state index contributed by atoms with van der Waals surface area (Å²) in [4.78, 5) is 11.5. The Hall–Kier alpha value is -1.48. The van der Waals surface area contributed by atoms with Crippen LogP contribution in [0.1, 0.15) is 0 Å². The van der Waals surface area contributed by atoms with Crippen molar-refractivity contribution in [2.24, 2.45) is 0 Å². The van der Waals surface area contributed by atoms with E-state index >= 15 is 0 Å². The summed E-state index contributed by atoms with van der Waals surface area (Å²) in [5, 5.41) is 0.514. The van der Waals surface area contributed by atoms with Gasteiger partial charge in [-0.3, -0.25) is 9.20 Å². The molecule has 2 heterocycles. The Morgan fingerprint density at radius 1 is 1.23 bits per heavy atom. The first kappa shape index (κ1) is 8.13. The number of nitrogens with zero attached hydrogens (tertiary/aromatic N) is 1. The third-order valence-corrected chi connectivity index (χ3v) is 2.07. The van der Waals surface area contributed by atoms with Crippen LogP contribution in [0.5, 0.6) is 0 Å². The molecule has 0 radical (unpaired) electrons. The standard InChI is InChI=1S/C9H7ClN2O/c10-6-1-2-7-3-4-8(11)9(13)12(7)5-6/h1-5H,11H2. The molecule has 0 spiro atoms. The third kappa shape index (κ3) is 1.27. The van der Waals surface area contributed by atoms with Gasteiger partial charge in [-0.2, -0.15) is 0 Å². The number of pyridine rings is 2. The summed E-state index contributed by atoms with van der Waals surface area (Å²) in [7, 11) is 0. The molecule has 0 aliphatic heterocycles. The Bertz CT molecular complexity index is 513. The molecule has 0 saturated carbocycles. The smallest absolute Gasteiger partial charge is 0.278 e. The molecule has 0 aromatic carbocycles. The fraction of sp³-hybridized carbons (Fsp3) is 0. The van der Waals surface area contributed by atoms with Crippen LogP contribution in [0.15, 0.2) is 35.3 Å². The number of halogens is 1. The zero-order chi connectivity index (χ0) is 9.42. The van der Waals surface area contributed by atoms with Gasteiger partial charge in [0.2, 0.25) is 0 Å². The number of hydrogen-bond acceptors (Lipinski definition) is 2. The van der Waals surface area contributed by atoms with E-state index < -0.39 is 0 Å². The Kier molecular flexibility index (Phi) is 1.74. The van der Waals surface area contributed by atoms with E-state index in [9.17, 15) is 4.79 Å². The molecule has 0 aliphatic rings. The summed E-state index contributed by atoms with van der Waals surface area (Å²) in [6.07, 6.45) is 1.55. The Balaban J connectivity index is 2.97. The van der Waals surface area contributed by atoms with Gasteiger partial charge in [0.05, 0.1) is 10.7 Å². The molecule has 2 aromatic heterocycles. The second-order valence-electron chi connectivity index (χ2n) is 2.74. The zero-order valence-corrected chi connectivity index (χ0v) is 7.45. The van der Waals surface area contributed by atoms with Crippen molar-refractivity contribution in [3.63, 3.8) is 0 Å². The first-order valence-corrected chi connectivity index (χ1v) is 4.13. The van der Waals surface area contributed by atoms with Crippen LogP contribution in [0.4, 0.5) is 5.69 Å². The van der Waals surface area contributed by atoms with Gasteiger partial charge in [0.25, 0.3) is 5.56 Å². The molecule has 3 nitrogen and oxygen atoms in total. The van der Waals surface area contributed by atoms with Crippen LogP contribution in [-0.4, -0.2) is 4.40 Å². The highest BCUT2D eigenvalue weighted by Crippen LogP contribution is 2.09. The Labute approximate surface area is 79.4 Å². The largest absolute Gasteiger partial charge is 0.394 e. The molecule has 13 heavy (non-hydrogen) atoms. The first-order valence-electron chi connectivity index (χ1n) is 3.75. The van der Waals surface area contributed by atoms with E-state index in [0.717, 1.165) is 5.52 Å². The Morgan fingerprint density at radius 2 is 1.92 bits per heavy atom. The summed E-state index contributed by atoms with van der Waals surface area (Å²) in [5.74, 6) is 0. The summed E-state index contributed by atoms with van der Waals surface area (Å²) in [6.45, 7) is 0. The maximum absolute atomic E-state index is 11.5. The molecule has 2 aromatic rings. The van der Waals surface area contributed by atoms with Gasteiger partial charge in [0, 0.05) is 11.7 Å². The van der Waals surface area contributed by atoms with Gasteiger partial charge in [0.1, 0.15) is 0 Å². The Morgan fingerprint density at radius 3 is 2.69 bits per heavy atom. The van der Waals surface area contributed by atoms with Crippen molar-refractivity contribution in [3.8, 4) is 0 Å². The second-order valence-corrected chi connectivity index (χ2v) is 3.17. The molecule has 0 unspecified atom stereocenters. The zero-order valence-electron chi connectivity index (χ0n) is 6.70. The number of fused-ring (bicyclic) bond motifs is 1. The van der Waals surface area contributed by atoms with Crippen molar-refractivity contribution in [3.05, 3.63) is 45.8 Å². The maximum Gasteiger partial charge on any atom is 0.278 e. The molecule has 0 saturated heterocycles. The lowest BCUT2D eigenvalue weighted by Gasteiger charge is -2.01. The van der Waals surface area contributed by atoms with E-state index in [-0.39, 0.29) is 11.2 Å². The lowest BCUT2D eigenvalue weighted by atomic mass is 10.3. The normalized spacial score (nSPS) is 10.5. The topological polar surface area (TPSA) is 47.5 Å². The van der Waals surface area contributed by atoms with Crippen LogP contribution in [0.3, 0.4) is 0 Å². The molecular formula is C9H7ClN2O. The lowest BCUT2D eigenvalue weighted by Crippen LogP contribution is -2.16. The molecule has 0 atom stereocenters. The summed E-state index contributed by atoms with van der Waals surface area (Å²) >= 11 is 5.74. The molecule has 0 fully saturated rings. The van der Waals surface area contributed by atoms with Crippen LogP contribution >= 0.6 is 11.6 Å². The fourth-order valence-electron chi connectivity index (χ4n) is 1.18. The van der Waals surface area contributed by atoms with Crippen LogP contribution in [0, 0.1) is 0 Å². The molecular weight excluding hydrogens is 188 g/mol. The van der Waals surface area contributed by atoms with Gasteiger partial charge < -0.3 is 5.73 Å². The van der Waals surface area contributed by atoms with Crippen molar-refractivity contribution < 1.29 is 0 Å². The number of nitrogen functional groups attached to an aromatic ring is 1. The molecule has 4 heteroatoms. The summed E-state index contributed by atoms with van der Waals surface area (Å²) in [5.41, 5.74) is 6.23. The van der Waals surface area contributed by atoms with Crippen molar-refractivity contribution in [2.75, 3.05) is 5.73 Å². The SMILES string of the molecule is Nc1ccc2ccc(Cl)cn2c1=O. The molecule has 0 aliphatic carbocycles. The fourth-order valence-corrected chi connectivity index (χ4v) is 1.34. The number of nitrogens with two attached hydrogens (primary N) is 1. The van der Waals surface area contributed by atoms with Crippen molar-refractivity contribution in [1.29, 1.82) is 0 Å². The highest BCUT2D eigenvalue weighted by atomic mass is 35.5. The number of hydrogen-bond donors (Lipinski definition) is 1. The van der Waals surface area contributed by atoms with Crippen LogP contribution in [0.2, 0.25) is 5.02 Å². The summed E-state index contributed by atoms with van der Waals surface area (Å²) < 4.78 is 1.43.